The molecule has 1 aliphatic rings. The topological polar surface area (TPSA) is 85.2 Å². The molecule has 0 saturated heterocycles. The minimum atomic E-state index is -0.563. The third-order valence-corrected chi connectivity index (χ3v) is 5.89. The predicted molar refractivity (Wildman–Crippen MR) is 118 cm³/mol. The van der Waals surface area contributed by atoms with Gasteiger partial charge in [0.05, 0.1) is 39.1 Å². The Balaban J connectivity index is 2.60. The van der Waals surface area contributed by atoms with Crippen LogP contribution >= 0.6 is 0 Å². The largest absolute Gasteiger partial charge is 0.463 e. The molecule has 0 bridgehead atoms. The zero-order valence-corrected chi connectivity index (χ0v) is 19.9. The molecule has 0 aromatic rings. The first-order valence-corrected chi connectivity index (χ1v) is 10.9. The summed E-state index contributed by atoms with van der Waals surface area (Å²) in [6.45, 7) is 16.5. The number of ether oxygens (including phenoxy) is 3. The normalized spacial score (nSPS) is 22.5. The summed E-state index contributed by atoms with van der Waals surface area (Å²) in [5, 5.41) is 19.8. The molecule has 2 N–H and O–H groups in total. The first kappa shape index (κ1) is 26.8. The number of carbonyl (C=O) groups is 1. The molecule has 0 heterocycles. The van der Waals surface area contributed by atoms with Gasteiger partial charge in [-0.3, -0.25) is 4.79 Å². The van der Waals surface area contributed by atoms with E-state index in [1.165, 1.54) is 0 Å². The van der Waals surface area contributed by atoms with Crippen molar-refractivity contribution in [2.45, 2.75) is 67.4 Å². The van der Waals surface area contributed by atoms with Crippen molar-refractivity contribution in [2.24, 2.45) is 16.2 Å². The Labute approximate surface area is 182 Å². The summed E-state index contributed by atoms with van der Waals surface area (Å²) < 4.78 is 15.7. The van der Waals surface area contributed by atoms with E-state index in [1.807, 2.05) is 0 Å². The summed E-state index contributed by atoms with van der Waals surface area (Å²) in [6.07, 6.45) is 4.49. The Morgan fingerprint density at radius 2 is 1.60 bits per heavy atom. The first-order valence-electron chi connectivity index (χ1n) is 10.9. The Kier molecular flexibility index (Phi) is 10.2. The second kappa shape index (κ2) is 11.4. The molecule has 0 amide bonds. The van der Waals surface area contributed by atoms with E-state index in [1.54, 1.807) is 0 Å². The minimum Gasteiger partial charge on any atom is -0.463 e. The zero-order chi connectivity index (χ0) is 23.0. The van der Waals surface area contributed by atoms with E-state index in [0.717, 1.165) is 11.1 Å². The number of carbonyl (C=O) groups excluding carboxylic acids is 1. The van der Waals surface area contributed by atoms with Gasteiger partial charge in [-0.2, -0.15) is 0 Å². The van der Waals surface area contributed by atoms with Crippen LogP contribution in [-0.4, -0.2) is 61.9 Å². The number of aliphatic hydroxyl groups excluding tert-OH is 2. The SMILES string of the molecule is CC(C)(C)C1=CC(CCC(=O)OCCOCCOCCO)=CC(C)(C(C)(C)C)C1O. The van der Waals surface area contributed by atoms with Crippen molar-refractivity contribution in [3.8, 4) is 0 Å². The van der Waals surface area contributed by atoms with Crippen LogP contribution in [-0.2, 0) is 19.0 Å². The summed E-state index contributed by atoms with van der Waals surface area (Å²) in [6, 6.07) is 0. The van der Waals surface area contributed by atoms with Crippen LogP contribution in [0.5, 0.6) is 0 Å². The lowest BCUT2D eigenvalue weighted by Crippen LogP contribution is -2.46. The highest BCUT2D eigenvalue weighted by Gasteiger charge is 2.47. The molecule has 30 heavy (non-hydrogen) atoms. The van der Waals surface area contributed by atoms with Gasteiger partial charge in [-0.25, -0.2) is 0 Å². The van der Waals surface area contributed by atoms with E-state index in [9.17, 15) is 9.90 Å². The zero-order valence-electron chi connectivity index (χ0n) is 19.9. The molecule has 174 valence electrons. The molecule has 2 unspecified atom stereocenters. The summed E-state index contributed by atoms with van der Waals surface area (Å²) >= 11 is 0. The second-order valence-electron chi connectivity index (χ2n) is 10.2. The molecule has 6 nitrogen and oxygen atoms in total. The lowest BCUT2D eigenvalue weighted by atomic mass is 9.58. The summed E-state index contributed by atoms with van der Waals surface area (Å²) in [7, 11) is 0. The monoisotopic (exact) mass is 426 g/mol. The molecule has 1 rings (SSSR count). The Bertz CT molecular complexity index is 608. The van der Waals surface area contributed by atoms with Gasteiger partial charge < -0.3 is 24.4 Å². The van der Waals surface area contributed by atoms with Gasteiger partial charge in [0.1, 0.15) is 6.61 Å². The molecule has 0 fully saturated rings. The van der Waals surface area contributed by atoms with Crippen LogP contribution in [0.15, 0.2) is 23.3 Å². The van der Waals surface area contributed by atoms with Crippen molar-refractivity contribution in [3.63, 3.8) is 0 Å². The van der Waals surface area contributed by atoms with Crippen molar-refractivity contribution in [1.29, 1.82) is 0 Å². The van der Waals surface area contributed by atoms with Gasteiger partial charge in [0.2, 0.25) is 0 Å². The molecular weight excluding hydrogens is 384 g/mol. The van der Waals surface area contributed by atoms with Crippen molar-refractivity contribution in [1.82, 2.24) is 0 Å². The summed E-state index contributed by atoms with van der Waals surface area (Å²) in [5.74, 6) is -0.259. The van der Waals surface area contributed by atoms with Gasteiger partial charge in [-0.1, -0.05) is 66.2 Å². The minimum absolute atomic E-state index is 0.00561. The smallest absolute Gasteiger partial charge is 0.306 e. The van der Waals surface area contributed by atoms with Gasteiger partial charge in [-0.15, -0.1) is 0 Å². The molecule has 0 aromatic carbocycles. The van der Waals surface area contributed by atoms with E-state index in [4.69, 9.17) is 19.3 Å². The molecule has 0 aliphatic heterocycles. The fourth-order valence-corrected chi connectivity index (χ4v) is 3.42. The van der Waals surface area contributed by atoms with Crippen molar-refractivity contribution >= 4 is 5.97 Å². The molecular formula is C24H42O6. The lowest BCUT2D eigenvalue weighted by Gasteiger charge is -2.49. The van der Waals surface area contributed by atoms with Crippen molar-refractivity contribution < 1.29 is 29.2 Å². The van der Waals surface area contributed by atoms with Crippen molar-refractivity contribution in [3.05, 3.63) is 23.3 Å². The number of esters is 1. The third-order valence-electron chi connectivity index (χ3n) is 5.89. The highest BCUT2D eigenvalue weighted by molar-refractivity contribution is 5.69. The van der Waals surface area contributed by atoms with E-state index in [-0.39, 0.29) is 36.4 Å². The van der Waals surface area contributed by atoms with Crippen LogP contribution in [0.4, 0.5) is 0 Å². The Morgan fingerprint density at radius 3 is 2.13 bits per heavy atom. The molecule has 0 spiro atoms. The van der Waals surface area contributed by atoms with Gasteiger partial charge >= 0.3 is 5.97 Å². The van der Waals surface area contributed by atoms with Crippen LogP contribution in [0.25, 0.3) is 0 Å². The van der Waals surface area contributed by atoms with E-state index in [0.29, 0.717) is 32.8 Å². The number of aliphatic hydroxyl groups is 2. The van der Waals surface area contributed by atoms with Crippen LogP contribution < -0.4 is 0 Å². The maximum Gasteiger partial charge on any atom is 0.306 e. The fourth-order valence-electron chi connectivity index (χ4n) is 3.42. The van der Waals surface area contributed by atoms with Gasteiger partial charge in [0.15, 0.2) is 0 Å². The maximum atomic E-state index is 12.1. The Hall–Kier alpha value is -1.21. The fraction of sp³-hybridized carbons (Fsp3) is 0.792. The average molecular weight is 427 g/mol. The molecule has 2 atom stereocenters. The number of rotatable bonds is 11. The third kappa shape index (κ3) is 7.80. The summed E-state index contributed by atoms with van der Waals surface area (Å²) in [4.78, 5) is 12.1. The molecule has 0 radical (unpaired) electrons. The maximum absolute atomic E-state index is 12.1. The Morgan fingerprint density at radius 1 is 1.03 bits per heavy atom. The predicted octanol–water partition coefficient (Wildman–Crippen LogP) is 3.66. The van der Waals surface area contributed by atoms with Crippen LogP contribution in [0.2, 0.25) is 0 Å². The van der Waals surface area contributed by atoms with Gasteiger partial charge in [0.25, 0.3) is 0 Å². The molecule has 6 heteroatoms. The molecule has 0 aromatic heterocycles. The second-order valence-corrected chi connectivity index (χ2v) is 10.2. The van der Waals surface area contributed by atoms with Crippen LogP contribution in [0.1, 0.15) is 61.3 Å². The first-order chi connectivity index (χ1) is 13.8. The van der Waals surface area contributed by atoms with Crippen molar-refractivity contribution in [2.75, 3.05) is 39.6 Å². The number of hydrogen-bond acceptors (Lipinski definition) is 6. The van der Waals surface area contributed by atoms with E-state index < -0.39 is 11.5 Å². The molecule has 1 aliphatic carbocycles. The van der Waals surface area contributed by atoms with Gasteiger partial charge in [0, 0.05) is 11.8 Å². The standard InChI is InChI=1S/C24H42O6/c1-22(2,3)19-16-18(17-24(7,21(19)27)23(4,5)6)8-9-20(26)30-15-14-29-13-12-28-11-10-25/h16-17,21,25,27H,8-15H2,1-7H3. The number of hydrogen-bond donors (Lipinski definition) is 2. The average Bonchev–Trinajstić information content (AvgIpc) is 2.62. The summed E-state index contributed by atoms with van der Waals surface area (Å²) in [5.41, 5.74) is 1.35. The highest BCUT2D eigenvalue weighted by atomic mass is 16.6. The molecule has 0 saturated carbocycles. The quantitative estimate of drug-likeness (QED) is 0.387. The van der Waals surface area contributed by atoms with Gasteiger partial charge in [-0.05, 0) is 22.8 Å². The van der Waals surface area contributed by atoms with E-state index >= 15 is 0 Å². The number of allylic oxidation sites excluding steroid dienone is 2. The van der Waals surface area contributed by atoms with Crippen LogP contribution in [0, 0.1) is 16.2 Å². The van der Waals surface area contributed by atoms with Crippen LogP contribution in [0.3, 0.4) is 0 Å². The van der Waals surface area contributed by atoms with E-state index in [2.05, 4.69) is 60.6 Å². The lowest BCUT2D eigenvalue weighted by molar-refractivity contribution is -0.145. The highest BCUT2D eigenvalue weighted by Crippen LogP contribution is 2.51.